The van der Waals surface area contributed by atoms with E-state index >= 15 is 0 Å². The molecule has 5 rings (SSSR count). The summed E-state index contributed by atoms with van der Waals surface area (Å²) in [4.78, 5) is 20.6. The molecule has 1 heterocycles. The lowest BCUT2D eigenvalue weighted by atomic mass is 10.1. The van der Waals surface area contributed by atoms with Gasteiger partial charge >= 0.3 is 0 Å². The van der Waals surface area contributed by atoms with Crippen molar-refractivity contribution in [2.75, 3.05) is 11.5 Å². The molecule has 196 valence electrons. The zero-order valence-electron chi connectivity index (χ0n) is 21.0. The van der Waals surface area contributed by atoms with E-state index in [4.69, 9.17) is 26.1 Å². The van der Waals surface area contributed by atoms with Crippen molar-refractivity contribution < 1.29 is 14.3 Å². The molecule has 0 N–H and O–H groups in total. The molecule has 4 aromatic carbocycles. The molecule has 0 aliphatic carbocycles. The number of rotatable bonds is 8. The largest absolute Gasteiger partial charge is 0.490 e. The normalized spacial score (nSPS) is 15.3. The fraction of sp³-hybridized carbons (Fsp3) is 0.0968. The number of hydrogen-bond donors (Lipinski definition) is 0. The molecule has 0 spiro atoms. The van der Waals surface area contributed by atoms with E-state index in [1.807, 2.05) is 110 Å². The van der Waals surface area contributed by atoms with E-state index in [-0.39, 0.29) is 5.91 Å². The summed E-state index contributed by atoms with van der Waals surface area (Å²) in [5, 5.41) is 1.27. The van der Waals surface area contributed by atoms with Crippen molar-refractivity contribution in [1.29, 1.82) is 0 Å². The average Bonchev–Trinajstić information content (AvgIpc) is 3.24. The number of amides is 1. The van der Waals surface area contributed by atoms with Crippen molar-refractivity contribution in [3.05, 3.63) is 123 Å². The molecule has 0 atom stereocenters. The first-order chi connectivity index (χ1) is 19.0. The monoisotopic (exact) mass is 618 g/mol. The quantitative estimate of drug-likeness (QED) is 0.185. The molecule has 0 aromatic heterocycles. The Labute approximate surface area is 245 Å². The molecule has 0 unspecified atom stereocenters. The van der Waals surface area contributed by atoms with E-state index in [9.17, 15) is 4.79 Å². The molecule has 1 fully saturated rings. The highest BCUT2D eigenvalue weighted by Crippen LogP contribution is 2.41. The summed E-state index contributed by atoms with van der Waals surface area (Å²) < 4.78 is 12.8. The minimum absolute atomic E-state index is 0.141. The van der Waals surface area contributed by atoms with Crippen molar-refractivity contribution >= 4 is 67.8 Å². The van der Waals surface area contributed by atoms with Gasteiger partial charge in [-0.05, 0) is 100 Å². The van der Waals surface area contributed by atoms with Gasteiger partial charge in [-0.1, -0.05) is 60.1 Å². The van der Waals surface area contributed by atoms with E-state index in [1.54, 1.807) is 4.90 Å². The number of anilines is 1. The molecule has 1 aliphatic heterocycles. The van der Waals surface area contributed by atoms with Gasteiger partial charge in [-0.15, -0.1) is 0 Å². The van der Waals surface area contributed by atoms with Crippen LogP contribution < -0.4 is 14.4 Å². The summed E-state index contributed by atoms with van der Waals surface area (Å²) in [6.45, 7) is 2.74. The van der Waals surface area contributed by atoms with Crippen molar-refractivity contribution in [3.63, 3.8) is 0 Å². The molecule has 1 saturated heterocycles. The van der Waals surface area contributed by atoms with Crippen LogP contribution in [0.5, 0.6) is 11.5 Å². The molecular formula is C31H24BrClN2O3S. The Hall–Kier alpha value is -3.52. The van der Waals surface area contributed by atoms with E-state index < -0.39 is 0 Å². The first-order valence-corrected chi connectivity index (χ1v) is 14.3. The maximum absolute atomic E-state index is 13.6. The Morgan fingerprint density at radius 3 is 2.33 bits per heavy atom. The summed E-state index contributed by atoms with van der Waals surface area (Å²) in [5.41, 5.74) is 3.32. The predicted octanol–water partition coefficient (Wildman–Crippen LogP) is 8.89. The molecule has 8 heteroatoms. The summed E-state index contributed by atoms with van der Waals surface area (Å²) in [7, 11) is 0. The van der Waals surface area contributed by atoms with Crippen LogP contribution in [-0.2, 0) is 11.4 Å². The van der Waals surface area contributed by atoms with Crippen LogP contribution >= 0.6 is 39.3 Å². The first kappa shape index (κ1) is 27.1. The first-order valence-electron chi connectivity index (χ1n) is 12.3. The molecular weight excluding hydrogens is 596 g/mol. The lowest BCUT2D eigenvalue weighted by molar-refractivity contribution is -0.113. The van der Waals surface area contributed by atoms with Crippen LogP contribution in [0, 0.1) is 0 Å². The highest BCUT2D eigenvalue weighted by molar-refractivity contribution is 9.10. The Bertz CT molecular complexity index is 1530. The Morgan fingerprint density at radius 1 is 0.949 bits per heavy atom. The van der Waals surface area contributed by atoms with Crippen molar-refractivity contribution in [1.82, 2.24) is 0 Å². The number of amidine groups is 1. The predicted molar refractivity (Wildman–Crippen MR) is 164 cm³/mol. The summed E-state index contributed by atoms with van der Waals surface area (Å²) in [5.74, 6) is 1.04. The molecule has 4 aromatic rings. The van der Waals surface area contributed by atoms with Gasteiger partial charge in [0.15, 0.2) is 16.7 Å². The lowest BCUT2D eigenvalue weighted by Gasteiger charge is -2.15. The smallest absolute Gasteiger partial charge is 0.271 e. The van der Waals surface area contributed by atoms with Crippen LogP contribution in [0.15, 0.2) is 111 Å². The maximum Gasteiger partial charge on any atom is 0.271 e. The van der Waals surface area contributed by atoms with Gasteiger partial charge in [-0.3, -0.25) is 9.69 Å². The third-order valence-corrected chi connectivity index (χ3v) is 7.54. The number of benzene rings is 4. The number of aliphatic imine (C=N–C) groups is 1. The maximum atomic E-state index is 13.6. The Balaban J connectivity index is 1.47. The van der Waals surface area contributed by atoms with Crippen LogP contribution in [0.4, 0.5) is 11.4 Å². The second-order valence-corrected chi connectivity index (χ2v) is 10.8. The van der Waals surface area contributed by atoms with Crippen LogP contribution in [0.1, 0.15) is 18.1 Å². The molecule has 0 saturated carbocycles. The summed E-state index contributed by atoms with van der Waals surface area (Å²) in [6, 6.07) is 30.5. The fourth-order valence-electron chi connectivity index (χ4n) is 3.93. The topological polar surface area (TPSA) is 51.1 Å². The Kier molecular flexibility index (Phi) is 8.71. The van der Waals surface area contributed by atoms with Crippen molar-refractivity contribution in [2.24, 2.45) is 4.99 Å². The van der Waals surface area contributed by atoms with Crippen molar-refractivity contribution in [2.45, 2.75) is 13.5 Å². The fourth-order valence-corrected chi connectivity index (χ4v) is 5.63. The van der Waals surface area contributed by atoms with Gasteiger partial charge in [0, 0.05) is 5.02 Å². The van der Waals surface area contributed by atoms with E-state index in [0.29, 0.717) is 39.8 Å². The highest BCUT2D eigenvalue weighted by atomic mass is 79.9. The number of ether oxygens (including phenoxy) is 2. The lowest BCUT2D eigenvalue weighted by Crippen LogP contribution is -2.28. The zero-order valence-corrected chi connectivity index (χ0v) is 24.2. The van der Waals surface area contributed by atoms with Gasteiger partial charge in [-0.25, -0.2) is 4.99 Å². The number of hydrogen-bond acceptors (Lipinski definition) is 5. The van der Waals surface area contributed by atoms with E-state index in [2.05, 4.69) is 15.9 Å². The second kappa shape index (κ2) is 12.6. The molecule has 1 amide bonds. The number of para-hydroxylation sites is 2. The summed E-state index contributed by atoms with van der Waals surface area (Å²) >= 11 is 11.0. The minimum Gasteiger partial charge on any atom is -0.490 e. The SMILES string of the molecule is CCOc1cc(/C=C2\SC(=Nc3ccccc3)N(c3ccccc3)C2=O)cc(Br)c1OCc1ccc(Cl)cc1. The molecule has 0 bridgehead atoms. The van der Waals surface area contributed by atoms with Gasteiger partial charge < -0.3 is 9.47 Å². The van der Waals surface area contributed by atoms with Crippen LogP contribution in [0.2, 0.25) is 5.02 Å². The van der Waals surface area contributed by atoms with Crippen molar-refractivity contribution in [3.8, 4) is 11.5 Å². The number of thioether (sulfide) groups is 1. The van der Waals surface area contributed by atoms with Gasteiger partial charge in [0.05, 0.1) is 27.4 Å². The zero-order chi connectivity index (χ0) is 27.2. The molecule has 0 radical (unpaired) electrons. The summed E-state index contributed by atoms with van der Waals surface area (Å²) in [6.07, 6.45) is 1.85. The van der Waals surface area contributed by atoms with E-state index in [0.717, 1.165) is 27.0 Å². The third-order valence-electron chi connectivity index (χ3n) is 5.73. The molecule has 39 heavy (non-hydrogen) atoms. The number of carbonyl (C=O) groups excluding carboxylic acids is 1. The van der Waals surface area contributed by atoms with Gasteiger partial charge in [0.2, 0.25) is 0 Å². The van der Waals surface area contributed by atoms with Gasteiger partial charge in [0.25, 0.3) is 5.91 Å². The van der Waals surface area contributed by atoms with E-state index in [1.165, 1.54) is 11.8 Å². The highest BCUT2D eigenvalue weighted by Gasteiger charge is 2.34. The van der Waals surface area contributed by atoms with Crippen LogP contribution in [0.3, 0.4) is 0 Å². The molecule has 1 aliphatic rings. The minimum atomic E-state index is -0.141. The number of nitrogens with zero attached hydrogens (tertiary/aromatic N) is 2. The third kappa shape index (κ3) is 6.56. The number of halogens is 2. The number of carbonyl (C=O) groups is 1. The van der Waals surface area contributed by atoms with Crippen LogP contribution in [-0.4, -0.2) is 17.7 Å². The van der Waals surface area contributed by atoms with Gasteiger partial charge in [0.1, 0.15) is 6.61 Å². The van der Waals surface area contributed by atoms with Gasteiger partial charge in [-0.2, -0.15) is 0 Å². The standard InChI is InChI=1S/C31H24BrClN2O3S/c1-2-37-27-18-22(17-26(32)29(27)38-20-21-13-15-23(33)16-14-21)19-28-30(36)35(25-11-7-4-8-12-25)31(39-28)34-24-9-5-3-6-10-24/h3-19H,2,20H2,1H3/b28-19-,34-31?. The second-order valence-electron chi connectivity index (χ2n) is 8.49. The average molecular weight is 620 g/mol. The van der Waals surface area contributed by atoms with Crippen LogP contribution in [0.25, 0.3) is 6.08 Å². The Morgan fingerprint density at radius 2 is 1.64 bits per heavy atom. The molecule has 5 nitrogen and oxygen atoms in total.